The first kappa shape index (κ1) is 16.3. The molecule has 22 heavy (non-hydrogen) atoms. The van der Waals surface area contributed by atoms with Gasteiger partial charge in [0, 0.05) is 29.1 Å². The summed E-state index contributed by atoms with van der Waals surface area (Å²) >= 11 is 0. The number of benzene rings is 1. The average Bonchev–Trinajstić information content (AvgIpc) is 2.82. The second kappa shape index (κ2) is 5.30. The minimum atomic E-state index is -1.40. The van der Waals surface area contributed by atoms with Crippen molar-refractivity contribution in [1.82, 2.24) is 9.88 Å². The summed E-state index contributed by atoms with van der Waals surface area (Å²) in [6.07, 6.45) is 0. The van der Waals surface area contributed by atoms with E-state index >= 15 is 0 Å². The molecule has 0 saturated heterocycles. The van der Waals surface area contributed by atoms with Gasteiger partial charge >= 0.3 is 0 Å². The van der Waals surface area contributed by atoms with Crippen molar-refractivity contribution in [3.63, 3.8) is 0 Å². The van der Waals surface area contributed by atoms with Crippen molar-refractivity contribution in [3.8, 4) is 0 Å². The number of hydrogen-bond donors (Lipinski definition) is 1. The minimum Gasteiger partial charge on any atom is -0.549 e. The van der Waals surface area contributed by atoms with Gasteiger partial charge in [0.05, 0.1) is 17.5 Å². The van der Waals surface area contributed by atoms with Crippen LogP contribution < -0.4 is 10.2 Å². The van der Waals surface area contributed by atoms with Crippen LogP contribution in [0.15, 0.2) is 24.3 Å². The zero-order valence-electron chi connectivity index (χ0n) is 12.1. The Kier molecular flexibility index (Phi) is 3.93. The summed E-state index contributed by atoms with van der Waals surface area (Å²) in [4.78, 5) is 27.7. The van der Waals surface area contributed by atoms with Crippen molar-refractivity contribution in [3.05, 3.63) is 35.5 Å². The molecule has 7 heteroatoms. The van der Waals surface area contributed by atoms with Crippen molar-refractivity contribution < 1.29 is 19.8 Å². The van der Waals surface area contributed by atoms with E-state index in [-0.39, 0.29) is 19.0 Å². The molecule has 0 radical (unpaired) electrons. The van der Waals surface area contributed by atoms with E-state index in [4.69, 9.17) is 0 Å². The third-order valence-electron chi connectivity index (χ3n) is 4.48. The number of aromatic amines is 1. The number of fused-ring (bicyclic) bond motifs is 3. The number of likely N-dealkylation sites (N-methyl/N-ethyl adjacent to an activating group) is 1. The topological polar surface area (TPSA) is 99.3 Å². The van der Waals surface area contributed by atoms with Crippen LogP contribution in [0.25, 0.3) is 10.9 Å². The number of carbonyl (C=O) groups is 2. The number of hydrogen-bond acceptors (Lipinski definition) is 5. The van der Waals surface area contributed by atoms with Crippen molar-refractivity contribution in [1.29, 1.82) is 0 Å². The molecule has 2 unspecified atom stereocenters. The number of aromatic nitrogens is 1. The van der Waals surface area contributed by atoms with E-state index < -0.39 is 23.4 Å². The Morgan fingerprint density at radius 3 is 2.55 bits per heavy atom. The SMILES string of the molecule is CN1CC(C(=O)[O-])c2c([nH]c3ccccc23)C1(C)C(=O)[O-].Cl. The molecule has 1 aromatic heterocycles. The number of carbonyl (C=O) groups excluding carboxylic acids is 2. The monoisotopic (exact) mass is 322 g/mol. The lowest BCUT2D eigenvalue weighted by Gasteiger charge is -2.46. The minimum absolute atomic E-state index is 0. The van der Waals surface area contributed by atoms with Gasteiger partial charge in [-0.1, -0.05) is 18.2 Å². The van der Waals surface area contributed by atoms with Crippen molar-refractivity contribution >= 4 is 35.2 Å². The zero-order chi connectivity index (χ0) is 15.4. The van der Waals surface area contributed by atoms with Crippen LogP contribution in [0.5, 0.6) is 0 Å². The predicted molar refractivity (Wildman–Crippen MR) is 78.3 cm³/mol. The lowest BCUT2D eigenvalue weighted by atomic mass is 9.81. The Bertz CT molecular complexity index is 757. The number of nitrogens with zero attached hydrogens (tertiary/aromatic N) is 1. The number of rotatable bonds is 2. The molecule has 118 valence electrons. The van der Waals surface area contributed by atoms with E-state index in [1.165, 1.54) is 11.8 Å². The Balaban J connectivity index is 0.00000176. The fourth-order valence-electron chi connectivity index (χ4n) is 3.10. The summed E-state index contributed by atoms with van der Waals surface area (Å²) in [6, 6.07) is 7.16. The smallest absolute Gasteiger partial charge is 0.0984 e. The van der Waals surface area contributed by atoms with Crippen LogP contribution in [0.2, 0.25) is 0 Å². The summed E-state index contributed by atoms with van der Waals surface area (Å²) in [6.45, 7) is 1.57. The number of carboxylic acid groups (broad SMARTS) is 2. The molecule has 0 aliphatic carbocycles. The molecule has 0 fully saturated rings. The van der Waals surface area contributed by atoms with Gasteiger partial charge in [0.25, 0.3) is 0 Å². The highest BCUT2D eigenvalue weighted by Gasteiger charge is 2.44. The lowest BCUT2D eigenvalue weighted by molar-refractivity contribution is -0.322. The molecule has 1 aromatic carbocycles. The van der Waals surface area contributed by atoms with Gasteiger partial charge in [-0.15, -0.1) is 12.4 Å². The second-order valence-electron chi connectivity index (χ2n) is 5.57. The number of aliphatic carboxylic acids is 2. The van der Waals surface area contributed by atoms with E-state index in [0.29, 0.717) is 22.2 Å². The highest BCUT2D eigenvalue weighted by molar-refractivity contribution is 5.94. The van der Waals surface area contributed by atoms with Gasteiger partial charge in [0.1, 0.15) is 0 Å². The van der Waals surface area contributed by atoms with Crippen LogP contribution in [-0.2, 0) is 15.1 Å². The van der Waals surface area contributed by atoms with E-state index in [0.717, 1.165) is 0 Å². The summed E-state index contributed by atoms with van der Waals surface area (Å²) in [5, 5.41) is 23.8. The maximum Gasteiger partial charge on any atom is 0.0984 e. The van der Waals surface area contributed by atoms with Crippen LogP contribution in [0.3, 0.4) is 0 Å². The number of para-hydroxylation sites is 1. The van der Waals surface area contributed by atoms with Gasteiger partial charge in [0.2, 0.25) is 0 Å². The maximum atomic E-state index is 11.7. The third-order valence-corrected chi connectivity index (χ3v) is 4.48. The third kappa shape index (κ3) is 1.99. The van der Waals surface area contributed by atoms with Crippen molar-refractivity contribution in [2.45, 2.75) is 18.4 Å². The molecule has 1 aliphatic heterocycles. The first-order valence-corrected chi connectivity index (χ1v) is 6.62. The van der Waals surface area contributed by atoms with E-state index in [9.17, 15) is 19.8 Å². The highest BCUT2D eigenvalue weighted by atomic mass is 35.5. The van der Waals surface area contributed by atoms with Crippen molar-refractivity contribution in [2.75, 3.05) is 13.6 Å². The normalized spacial score (nSPS) is 24.5. The van der Waals surface area contributed by atoms with Gasteiger partial charge in [0.15, 0.2) is 0 Å². The van der Waals surface area contributed by atoms with Gasteiger partial charge in [-0.25, -0.2) is 0 Å². The molecule has 0 amide bonds. The fourth-order valence-corrected chi connectivity index (χ4v) is 3.10. The number of halogens is 1. The van der Waals surface area contributed by atoms with Crippen LogP contribution in [0, 0.1) is 0 Å². The average molecular weight is 323 g/mol. The largest absolute Gasteiger partial charge is 0.549 e. The first-order chi connectivity index (χ1) is 9.87. The molecule has 3 rings (SSSR count). The molecular formula is C15H15ClN2O4-2. The summed E-state index contributed by atoms with van der Waals surface area (Å²) < 4.78 is 0. The second-order valence-corrected chi connectivity index (χ2v) is 5.57. The van der Waals surface area contributed by atoms with E-state index in [1.807, 2.05) is 0 Å². The fraction of sp³-hybridized carbons (Fsp3) is 0.333. The van der Waals surface area contributed by atoms with E-state index in [1.54, 1.807) is 31.3 Å². The lowest BCUT2D eigenvalue weighted by Crippen LogP contribution is -2.59. The molecule has 0 spiro atoms. The molecule has 2 atom stereocenters. The highest BCUT2D eigenvalue weighted by Crippen LogP contribution is 2.42. The predicted octanol–water partition coefficient (Wildman–Crippen LogP) is -0.666. The van der Waals surface area contributed by atoms with Crippen LogP contribution >= 0.6 is 12.4 Å². The maximum absolute atomic E-state index is 11.7. The molecule has 0 bridgehead atoms. The number of carboxylic acids is 2. The quantitative estimate of drug-likeness (QED) is 0.791. The van der Waals surface area contributed by atoms with Gasteiger partial charge in [-0.3, -0.25) is 4.90 Å². The molecule has 2 aromatic rings. The Hall–Kier alpha value is -2.05. The summed E-state index contributed by atoms with van der Waals surface area (Å²) in [5.41, 5.74) is 0.138. The summed E-state index contributed by atoms with van der Waals surface area (Å²) in [5.74, 6) is -3.36. The molecule has 6 nitrogen and oxygen atoms in total. The molecule has 2 heterocycles. The summed E-state index contributed by atoms with van der Waals surface area (Å²) in [7, 11) is 1.57. The van der Waals surface area contributed by atoms with Crippen LogP contribution in [0.4, 0.5) is 0 Å². The van der Waals surface area contributed by atoms with Crippen LogP contribution in [-0.4, -0.2) is 35.4 Å². The molecule has 1 aliphatic rings. The Morgan fingerprint density at radius 2 is 1.95 bits per heavy atom. The number of H-pyrrole nitrogens is 1. The van der Waals surface area contributed by atoms with Crippen molar-refractivity contribution in [2.24, 2.45) is 0 Å². The van der Waals surface area contributed by atoms with Gasteiger partial charge in [-0.05, 0) is 25.6 Å². The Labute approximate surface area is 133 Å². The molecule has 0 saturated carbocycles. The Morgan fingerprint density at radius 1 is 1.32 bits per heavy atom. The zero-order valence-corrected chi connectivity index (χ0v) is 12.9. The molecular weight excluding hydrogens is 308 g/mol. The first-order valence-electron chi connectivity index (χ1n) is 6.62. The standard InChI is InChI=1S/C15H16N2O4.ClH/c1-15(14(20)21)12-11(9(13(18)19)7-17(15)2)8-5-3-4-6-10(8)16-12;/h3-6,9,16H,7H2,1-2H3,(H,18,19)(H,20,21);1H/p-2. The van der Waals surface area contributed by atoms with E-state index in [2.05, 4.69) is 4.98 Å². The van der Waals surface area contributed by atoms with Crippen LogP contribution in [0.1, 0.15) is 24.1 Å². The molecule has 1 N–H and O–H groups in total. The number of nitrogens with one attached hydrogen (secondary N) is 1. The van der Waals surface area contributed by atoms with Gasteiger partial charge in [-0.2, -0.15) is 0 Å². The van der Waals surface area contributed by atoms with Gasteiger partial charge < -0.3 is 24.8 Å².